The van der Waals surface area contributed by atoms with E-state index in [0.717, 1.165) is 12.8 Å². The monoisotopic (exact) mass is 429 g/mol. The van der Waals surface area contributed by atoms with E-state index in [0.29, 0.717) is 27.9 Å². The summed E-state index contributed by atoms with van der Waals surface area (Å²) in [6.07, 6.45) is 1.99. The van der Waals surface area contributed by atoms with E-state index >= 15 is 0 Å². The number of unbranched alkanes of at least 4 members (excludes halogenated alkanes) is 1. The van der Waals surface area contributed by atoms with Crippen LogP contribution >= 0.6 is 11.3 Å². The molecule has 1 N–H and O–H groups in total. The van der Waals surface area contributed by atoms with Gasteiger partial charge >= 0.3 is 0 Å². The van der Waals surface area contributed by atoms with Crippen LogP contribution in [0.3, 0.4) is 0 Å². The molecule has 2 aliphatic rings. The molecule has 0 saturated carbocycles. The second kappa shape index (κ2) is 8.11. The van der Waals surface area contributed by atoms with Gasteiger partial charge in [-0.3, -0.25) is 24.6 Å². The molecule has 3 heterocycles. The number of hydrogen-bond donors (Lipinski definition) is 1. The fourth-order valence-electron chi connectivity index (χ4n) is 4.09. The minimum Gasteiger partial charge on any atom is -0.377 e. The van der Waals surface area contributed by atoms with Gasteiger partial charge in [0.15, 0.2) is 0 Å². The maximum Gasteiger partial charge on any atom is 0.273 e. The van der Waals surface area contributed by atoms with Gasteiger partial charge in [0, 0.05) is 26.5 Å². The summed E-state index contributed by atoms with van der Waals surface area (Å²) >= 11 is 1.20. The number of ether oxygens (including phenoxy) is 1. The lowest BCUT2D eigenvalue weighted by atomic mass is 9.95. The Morgan fingerprint density at radius 1 is 1.30 bits per heavy atom. The molecule has 0 unspecified atom stereocenters. The minimum atomic E-state index is -1.41. The highest BCUT2D eigenvalue weighted by molar-refractivity contribution is 7.15. The fourth-order valence-corrected chi connectivity index (χ4v) is 4.79. The zero-order valence-electron chi connectivity index (χ0n) is 16.9. The number of anilines is 2. The van der Waals surface area contributed by atoms with Gasteiger partial charge in [0.2, 0.25) is 16.7 Å². The largest absolute Gasteiger partial charge is 0.377 e. The van der Waals surface area contributed by atoms with E-state index in [1.54, 1.807) is 36.3 Å². The van der Waals surface area contributed by atoms with Crippen LogP contribution in [-0.4, -0.2) is 52.1 Å². The van der Waals surface area contributed by atoms with Crippen LogP contribution in [0, 0.1) is 0 Å². The first-order valence-corrected chi connectivity index (χ1v) is 10.7. The zero-order valence-corrected chi connectivity index (χ0v) is 17.7. The average molecular weight is 430 g/mol. The van der Waals surface area contributed by atoms with Gasteiger partial charge in [-0.15, -0.1) is 10.2 Å². The van der Waals surface area contributed by atoms with Gasteiger partial charge < -0.3 is 9.64 Å². The highest BCUT2D eigenvalue weighted by Gasteiger charge is 2.60. The molecule has 0 spiro atoms. The van der Waals surface area contributed by atoms with Crippen molar-refractivity contribution in [3.63, 3.8) is 0 Å². The summed E-state index contributed by atoms with van der Waals surface area (Å²) in [4.78, 5) is 43.0. The number of aromatic nitrogens is 2. The first kappa shape index (κ1) is 20.4. The van der Waals surface area contributed by atoms with Crippen LogP contribution in [-0.2, 0) is 20.9 Å². The second-order valence-corrected chi connectivity index (χ2v) is 8.32. The summed E-state index contributed by atoms with van der Waals surface area (Å²) in [7, 11) is 1.55. The van der Waals surface area contributed by atoms with Crippen molar-refractivity contribution in [1.82, 2.24) is 15.1 Å². The van der Waals surface area contributed by atoms with Gasteiger partial charge in [-0.05, 0) is 18.6 Å². The third-order valence-corrected chi connectivity index (χ3v) is 6.24. The van der Waals surface area contributed by atoms with Crippen molar-refractivity contribution >= 4 is 39.9 Å². The molecular weight excluding hydrogens is 406 g/mol. The molecule has 0 aliphatic carbocycles. The van der Waals surface area contributed by atoms with Crippen molar-refractivity contribution in [2.24, 2.45) is 0 Å². The molecule has 1 atom stereocenters. The molecule has 2 aliphatic heterocycles. The topological polar surface area (TPSA) is 105 Å². The Balaban J connectivity index is 1.77. The summed E-state index contributed by atoms with van der Waals surface area (Å²) in [6.45, 7) is 2.69. The molecule has 158 valence electrons. The maximum absolute atomic E-state index is 13.6. The van der Waals surface area contributed by atoms with Crippen LogP contribution in [0.15, 0.2) is 24.3 Å². The molecule has 30 heavy (non-hydrogen) atoms. The van der Waals surface area contributed by atoms with Crippen LogP contribution in [0.25, 0.3) is 0 Å². The van der Waals surface area contributed by atoms with E-state index in [1.165, 1.54) is 16.2 Å². The second-order valence-electron chi connectivity index (χ2n) is 7.26. The molecule has 3 amide bonds. The Morgan fingerprint density at radius 3 is 2.87 bits per heavy atom. The molecule has 1 aromatic carbocycles. The number of nitrogens with one attached hydrogen (secondary N) is 1. The molecule has 0 bridgehead atoms. The van der Waals surface area contributed by atoms with Crippen molar-refractivity contribution < 1.29 is 19.1 Å². The molecule has 4 rings (SSSR count). The summed E-state index contributed by atoms with van der Waals surface area (Å²) in [5.74, 6) is -0.867. The van der Waals surface area contributed by atoms with E-state index in [9.17, 15) is 14.4 Å². The summed E-state index contributed by atoms with van der Waals surface area (Å²) in [6, 6.07) is 6.95. The quantitative estimate of drug-likeness (QED) is 0.725. The van der Waals surface area contributed by atoms with Crippen LogP contribution in [0.5, 0.6) is 0 Å². The van der Waals surface area contributed by atoms with Crippen molar-refractivity contribution in [3.8, 4) is 0 Å². The highest BCUT2D eigenvalue weighted by Crippen LogP contribution is 2.45. The Morgan fingerprint density at radius 2 is 2.10 bits per heavy atom. The third-order valence-electron chi connectivity index (χ3n) is 5.43. The minimum absolute atomic E-state index is 0.177. The number of hydrogen-bond acceptors (Lipinski definition) is 7. The fraction of sp³-hybridized carbons (Fsp3) is 0.450. The molecule has 1 saturated heterocycles. The summed E-state index contributed by atoms with van der Waals surface area (Å²) < 4.78 is 5.05. The zero-order chi connectivity index (χ0) is 21.3. The van der Waals surface area contributed by atoms with Gasteiger partial charge in [-0.2, -0.15) is 0 Å². The smallest absolute Gasteiger partial charge is 0.273 e. The number of carbonyl (C=O) groups is 3. The number of methoxy groups -OCH3 is 1. The van der Waals surface area contributed by atoms with E-state index in [2.05, 4.69) is 15.5 Å². The lowest BCUT2D eigenvalue weighted by Gasteiger charge is -2.49. The standard InChI is InChI=1S/C20H23N5O4S/c1-3-4-11-24-17(27)13-7-5-6-8-14(13)25-16(26)9-10-20(24,25)18(28)21-19-23-22-15(30-19)12-29-2/h5-8H,3-4,9-12H2,1-2H3,(H,21,23,28)/t20-/m1/s1. The van der Waals surface area contributed by atoms with Gasteiger partial charge in [-0.1, -0.05) is 36.8 Å². The maximum atomic E-state index is 13.6. The van der Waals surface area contributed by atoms with Crippen molar-refractivity contribution in [3.05, 3.63) is 34.8 Å². The molecule has 2 aromatic rings. The Bertz CT molecular complexity index is 993. The number of benzene rings is 1. The molecule has 0 radical (unpaired) electrons. The van der Waals surface area contributed by atoms with Crippen molar-refractivity contribution in [2.45, 2.75) is 44.9 Å². The van der Waals surface area contributed by atoms with Crippen LogP contribution in [0.2, 0.25) is 0 Å². The first-order chi connectivity index (χ1) is 14.5. The van der Waals surface area contributed by atoms with Gasteiger partial charge in [0.05, 0.1) is 11.3 Å². The molecule has 9 nitrogen and oxygen atoms in total. The number of amides is 3. The Kier molecular flexibility index (Phi) is 5.52. The number of para-hydroxylation sites is 1. The van der Waals surface area contributed by atoms with Gasteiger partial charge in [-0.25, -0.2) is 0 Å². The highest BCUT2D eigenvalue weighted by atomic mass is 32.1. The number of nitrogens with zero attached hydrogens (tertiary/aromatic N) is 4. The van der Waals surface area contributed by atoms with Crippen LogP contribution < -0.4 is 10.2 Å². The van der Waals surface area contributed by atoms with Crippen LogP contribution in [0.4, 0.5) is 10.8 Å². The van der Waals surface area contributed by atoms with Gasteiger partial charge in [0.1, 0.15) is 11.6 Å². The SMILES string of the molecule is CCCCN1C(=O)c2ccccc2N2C(=O)CC[C@@]12C(=O)Nc1nnc(COC)s1. The number of fused-ring (bicyclic) bond motifs is 3. The summed E-state index contributed by atoms with van der Waals surface area (Å²) in [5, 5.41) is 11.7. The lowest BCUT2D eigenvalue weighted by Crippen LogP contribution is -2.69. The van der Waals surface area contributed by atoms with Crippen LogP contribution in [0.1, 0.15) is 48.0 Å². The number of carbonyl (C=O) groups excluding carboxylic acids is 3. The molecule has 1 fully saturated rings. The summed E-state index contributed by atoms with van der Waals surface area (Å²) in [5.41, 5.74) is -0.499. The third kappa shape index (κ3) is 3.16. The van der Waals surface area contributed by atoms with E-state index < -0.39 is 11.6 Å². The average Bonchev–Trinajstić information content (AvgIpc) is 3.33. The van der Waals surface area contributed by atoms with E-state index in [-0.39, 0.29) is 31.3 Å². The van der Waals surface area contributed by atoms with E-state index in [1.807, 2.05) is 6.92 Å². The van der Waals surface area contributed by atoms with E-state index in [4.69, 9.17) is 4.74 Å². The number of rotatable bonds is 7. The lowest BCUT2D eigenvalue weighted by molar-refractivity contribution is -0.129. The van der Waals surface area contributed by atoms with Crippen molar-refractivity contribution in [2.75, 3.05) is 23.9 Å². The Labute approximate surface area is 178 Å². The molecular formula is C20H23N5O4S. The predicted molar refractivity (Wildman–Crippen MR) is 111 cm³/mol. The normalized spacial score (nSPS) is 20.3. The molecule has 1 aromatic heterocycles. The van der Waals surface area contributed by atoms with Crippen molar-refractivity contribution in [1.29, 1.82) is 0 Å². The molecule has 10 heteroatoms. The van der Waals surface area contributed by atoms with Gasteiger partial charge in [0.25, 0.3) is 11.8 Å². The predicted octanol–water partition coefficient (Wildman–Crippen LogP) is 2.40. The first-order valence-electron chi connectivity index (χ1n) is 9.89. The Hall–Kier alpha value is -2.85.